The highest BCUT2D eigenvalue weighted by molar-refractivity contribution is 7.47. The molecule has 67 heavy (non-hydrogen) atoms. The first kappa shape index (κ1) is 62.8. The molecule has 1 rings (SSSR count). The van der Waals surface area contributed by atoms with Crippen LogP contribution in [0.25, 0.3) is 0 Å². The SMILES string of the molecule is CCCCC/C=C/C/C=C/CCCCCCCC(=O)O[C@@H](COC(=O)CCC/C=C/CC/C=C/CCCCCCCCCCCCCCCC)COP(=O)(O)OC1C(O)C(O)C(O)[C@H](O)C1O. The molecule has 0 aromatic heterocycles. The number of rotatable bonds is 44. The normalized spacial score (nSPS) is 21.5. The molecule has 0 amide bonds. The third-order valence-corrected chi connectivity index (χ3v) is 13.1. The number of carbonyl (C=O) groups is 2. The minimum atomic E-state index is -5.14. The van der Waals surface area contributed by atoms with E-state index in [0.29, 0.717) is 19.3 Å². The Morgan fingerprint density at radius 1 is 0.463 bits per heavy atom. The van der Waals surface area contributed by atoms with Crippen LogP contribution in [-0.2, 0) is 32.7 Å². The zero-order valence-electron chi connectivity index (χ0n) is 41.7. The van der Waals surface area contributed by atoms with E-state index in [1.165, 1.54) is 109 Å². The summed E-state index contributed by atoms with van der Waals surface area (Å²) in [6, 6.07) is 0. The largest absolute Gasteiger partial charge is 0.472 e. The van der Waals surface area contributed by atoms with Crippen LogP contribution in [-0.4, -0.2) is 98.3 Å². The van der Waals surface area contributed by atoms with Crippen molar-refractivity contribution in [1.29, 1.82) is 0 Å². The first-order chi connectivity index (χ1) is 32.4. The fourth-order valence-electron chi connectivity index (χ4n) is 7.87. The van der Waals surface area contributed by atoms with Crippen LogP contribution in [0.3, 0.4) is 0 Å². The molecule has 1 saturated carbocycles. The van der Waals surface area contributed by atoms with E-state index in [1.807, 2.05) is 6.08 Å². The predicted molar refractivity (Wildman–Crippen MR) is 267 cm³/mol. The molecule has 13 nitrogen and oxygen atoms in total. The number of phosphoric acid groups is 1. The molecular weight excluding hydrogens is 876 g/mol. The van der Waals surface area contributed by atoms with Gasteiger partial charge in [-0.05, 0) is 77.0 Å². The van der Waals surface area contributed by atoms with Crippen molar-refractivity contribution in [1.82, 2.24) is 0 Å². The Hall–Kier alpha value is -2.19. The van der Waals surface area contributed by atoms with Gasteiger partial charge in [0.1, 0.15) is 43.2 Å². The second-order valence-corrected chi connectivity index (χ2v) is 19.8. The van der Waals surface area contributed by atoms with Crippen LogP contribution in [0, 0.1) is 0 Å². The molecule has 0 spiro atoms. The lowest BCUT2D eigenvalue weighted by molar-refractivity contribution is -0.220. The average molecular weight is 971 g/mol. The third-order valence-electron chi connectivity index (χ3n) is 12.1. The molecule has 390 valence electrons. The number of unbranched alkanes of at least 4 members (excludes halogenated alkanes) is 24. The molecule has 0 heterocycles. The quantitative estimate of drug-likeness (QED) is 0.0145. The van der Waals surface area contributed by atoms with E-state index >= 15 is 0 Å². The van der Waals surface area contributed by atoms with E-state index in [9.17, 15) is 44.6 Å². The van der Waals surface area contributed by atoms with Crippen LogP contribution in [0.1, 0.15) is 219 Å². The minimum Gasteiger partial charge on any atom is -0.462 e. The Bertz CT molecular complexity index is 1350. The summed E-state index contributed by atoms with van der Waals surface area (Å²) in [5.41, 5.74) is 0. The van der Waals surface area contributed by atoms with Gasteiger partial charge in [-0.15, -0.1) is 0 Å². The molecule has 6 unspecified atom stereocenters. The van der Waals surface area contributed by atoms with Crippen LogP contribution >= 0.6 is 7.82 Å². The van der Waals surface area contributed by atoms with Gasteiger partial charge >= 0.3 is 19.8 Å². The van der Waals surface area contributed by atoms with Crippen molar-refractivity contribution >= 4 is 19.8 Å². The van der Waals surface area contributed by atoms with Crippen molar-refractivity contribution in [3.05, 3.63) is 48.6 Å². The summed E-state index contributed by atoms with van der Waals surface area (Å²) in [6.45, 7) is 3.25. The highest BCUT2D eigenvalue weighted by Crippen LogP contribution is 2.47. The Balaban J connectivity index is 2.40. The zero-order chi connectivity index (χ0) is 49.2. The molecular formula is C53H95O13P. The van der Waals surface area contributed by atoms with E-state index in [4.69, 9.17) is 18.5 Å². The molecule has 6 N–H and O–H groups in total. The van der Waals surface area contributed by atoms with Crippen molar-refractivity contribution in [3.63, 3.8) is 0 Å². The van der Waals surface area contributed by atoms with Crippen molar-refractivity contribution < 1.29 is 63.1 Å². The van der Waals surface area contributed by atoms with Crippen LogP contribution in [0.2, 0.25) is 0 Å². The number of carbonyl (C=O) groups excluding carboxylic acids is 2. The number of allylic oxidation sites excluding steroid dienone is 8. The average Bonchev–Trinajstić information content (AvgIpc) is 3.31. The maximum atomic E-state index is 12.8. The van der Waals surface area contributed by atoms with Crippen LogP contribution in [0.15, 0.2) is 48.6 Å². The third kappa shape index (κ3) is 34.7. The van der Waals surface area contributed by atoms with E-state index < -0.39 is 75.7 Å². The van der Waals surface area contributed by atoms with E-state index in [2.05, 4.69) is 56.4 Å². The molecule has 0 saturated heterocycles. The fraction of sp³-hybridized carbons (Fsp3) is 0.811. The lowest BCUT2D eigenvalue weighted by atomic mass is 9.85. The molecule has 0 aliphatic heterocycles. The van der Waals surface area contributed by atoms with E-state index in [1.54, 1.807) is 0 Å². The molecule has 1 aliphatic rings. The molecule has 1 fully saturated rings. The van der Waals surface area contributed by atoms with Crippen LogP contribution in [0.5, 0.6) is 0 Å². The zero-order valence-corrected chi connectivity index (χ0v) is 42.6. The molecule has 0 aromatic carbocycles. The summed E-state index contributed by atoms with van der Waals surface area (Å²) in [5.74, 6) is -1.16. The second-order valence-electron chi connectivity index (χ2n) is 18.4. The molecule has 0 radical (unpaired) electrons. The Morgan fingerprint density at radius 2 is 0.836 bits per heavy atom. The number of aliphatic hydroxyl groups is 5. The standard InChI is InChI=1S/C53H95O13P/c1-3-5-7-9-11-13-15-17-19-20-21-22-23-24-25-26-28-29-31-33-35-37-39-41-46(54)63-43-45(44-64-67(61,62)66-53-51(59)49(57)48(56)50(58)52(53)60)65-47(55)42-40-38-36-34-32-30-27-18-16-14-12-10-8-6-4-2/h12,14,18,26-28,33,35,45,48-53,56-60H,3-11,13,15-17,19-25,29-32,34,36-44H2,1-2H3,(H,61,62)/b14-12+,27-18+,28-26+,35-33+/t45-,48?,49-,50?,51?,52?,53?/m0/s1. The Labute approximate surface area is 405 Å². The lowest BCUT2D eigenvalue weighted by Crippen LogP contribution is -2.64. The van der Waals surface area contributed by atoms with Gasteiger partial charge in [-0.2, -0.15) is 0 Å². The first-order valence-corrected chi connectivity index (χ1v) is 27.9. The van der Waals surface area contributed by atoms with Crippen molar-refractivity contribution in [2.75, 3.05) is 13.2 Å². The fourth-order valence-corrected chi connectivity index (χ4v) is 8.84. The number of hydrogen-bond donors (Lipinski definition) is 6. The van der Waals surface area contributed by atoms with Crippen LogP contribution < -0.4 is 0 Å². The van der Waals surface area contributed by atoms with Gasteiger partial charge in [0.2, 0.25) is 0 Å². The summed E-state index contributed by atoms with van der Waals surface area (Å²) in [5, 5.41) is 50.2. The molecule has 0 bridgehead atoms. The van der Waals surface area contributed by atoms with Gasteiger partial charge in [-0.25, -0.2) is 4.57 Å². The number of ether oxygens (including phenoxy) is 2. The summed E-state index contributed by atoms with van der Waals surface area (Å²) in [6.07, 6.45) is 38.9. The van der Waals surface area contributed by atoms with Gasteiger partial charge in [0, 0.05) is 12.8 Å². The van der Waals surface area contributed by atoms with E-state index in [0.717, 1.165) is 64.2 Å². The number of esters is 2. The van der Waals surface area contributed by atoms with Gasteiger partial charge in [0.25, 0.3) is 0 Å². The topological polar surface area (TPSA) is 210 Å². The summed E-state index contributed by atoms with van der Waals surface area (Å²) in [7, 11) is -5.14. The number of phosphoric ester groups is 1. The molecule has 0 aromatic rings. The molecule has 1 aliphatic carbocycles. The van der Waals surface area contributed by atoms with E-state index in [-0.39, 0.29) is 12.8 Å². The number of hydrogen-bond acceptors (Lipinski definition) is 12. The van der Waals surface area contributed by atoms with Gasteiger partial charge in [-0.1, -0.05) is 178 Å². The molecule has 14 heteroatoms. The Kier molecular flexibility index (Phi) is 40.0. The molecule has 8 atom stereocenters. The maximum Gasteiger partial charge on any atom is 0.472 e. The first-order valence-electron chi connectivity index (χ1n) is 26.4. The second kappa shape index (κ2) is 42.7. The van der Waals surface area contributed by atoms with Gasteiger partial charge in [0.05, 0.1) is 6.61 Å². The minimum absolute atomic E-state index is 0.0718. The van der Waals surface area contributed by atoms with Gasteiger partial charge in [-0.3, -0.25) is 18.6 Å². The lowest BCUT2D eigenvalue weighted by Gasteiger charge is -2.41. The number of aliphatic hydroxyl groups excluding tert-OH is 5. The van der Waals surface area contributed by atoms with Gasteiger partial charge < -0.3 is 39.9 Å². The predicted octanol–water partition coefficient (Wildman–Crippen LogP) is 11.5. The summed E-state index contributed by atoms with van der Waals surface area (Å²) < 4.78 is 33.6. The highest BCUT2D eigenvalue weighted by Gasteiger charge is 2.51. The van der Waals surface area contributed by atoms with Gasteiger partial charge in [0.15, 0.2) is 6.10 Å². The highest BCUT2D eigenvalue weighted by atomic mass is 31.2. The van der Waals surface area contributed by atoms with Crippen molar-refractivity contribution in [3.8, 4) is 0 Å². The summed E-state index contributed by atoms with van der Waals surface area (Å²) >= 11 is 0. The van der Waals surface area contributed by atoms with Crippen LogP contribution in [0.4, 0.5) is 0 Å². The Morgan fingerprint density at radius 3 is 1.34 bits per heavy atom. The smallest absolute Gasteiger partial charge is 0.462 e. The van der Waals surface area contributed by atoms with Crippen molar-refractivity contribution in [2.45, 2.75) is 262 Å². The summed E-state index contributed by atoms with van der Waals surface area (Å²) in [4.78, 5) is 35.8. The monoisotopic (exact) mass is 971 g/mol. The van der Waals surface area contributed by atoms with Crippen molar-refractivity contribution in [2.24, 2.45) is 0 Å². The maximum absolute atomic E-state index is 12.8.